The average Bonchev–Trinajstić information content (AvgIpc) is 0.755. The molecule has 8 unspecified atom stereocenters. The van der Waals surface area contributed by atoms with Crippen LogP contribution in [0.25, 0.3) is 0 Å². The zero-order valence-electron chi connectivity index (χ0n) is 52.5. The quantitative estimate of drug-likeness (QED) is 0.0304. The summed E-state index contributed by atoms with van der Waals surface area (Å²) in [5, 5.41) is 165. The molecule has 16 N–H and O–H groups in total. The van der Waals surface area contributed by atoms with Crippen LogP contribution in [0.1, 0.15) is 147 Å². The number of aliphatic hydroxyl groups excluding tert-OH is 8. The number of aliphatic hydroxyl groups is 8. The lowest BCUT2D eigenvalue weighted by molar-refractivity contribution is -0.146. The van der Waals surface area contributed by atoms with Crippen molar-refractivity contribution in [1.29, 1.82) is 0 Å². The Kier molecular flexibility index (Phi) is 29.0. The third-order valence-corrected chi connectivity index (χ3v) is 15.8. The van der Waals surface area contributed by atoms with E-state index in [9.17, 15) is 120 Å². The monoisotopic (exact) mass is 1360 g/mol. The van der Waals surface area contributed by atoms with E-state index in [2.05, 4.69) is 0 Å². The van der Waals surface area contributed by atoms with Crippen molar-refractivity contribution in [1.82, 2.24) is 0 Å². The fourth-order valence-electron chi connectivity index (χ4n) is 10.6. The summed E-state index contributed by atoms with van der Waals surface area (Å²) >= 11 is 0. The van der Waals surface area contributed by atoms with E-state index in [1.54, 1.807) is 0 Å². The van der Waals surface area contributed by atoms with Crippen molar-refractivity contribution in [3.63, 3.8) is 0 Å². The lowest BCUT2D eigenvalue weighted by Crippen LogP contribution is -2.31. The van der Waals surface area contributed by atoms with E-state index in [0.29, 0.717) is 0 Å². The van der Waals surface area contributed by atoms with Crippen molar-refractivity contribution in [2.75, 3.05) is 52.9 Å². The number of carbonyl (C=O) groups is 8. The predicted molar refractivity (Wildman–Crippen MR) is 326 cm³/mol. The maximum atomic E-state index is 13.0. The van der Waals surface area contributed by atoms with Crippen molar-refractivity contribution in [2.45, 2.75) is 152 Å². The molecule has 0 radical (unpaired) electrons. The number of hydrogen-bond donors (Lipinski definition) is 16. The maximum Gasteiger partial charge on any atom is 0.344 e. The molecule has 0 saturated heterocycles. The number of ether oxygens (including phenoxy) is 8. The number of carboxylic acids is 8. The van der Waals surface area contributed by atoms with Crippen LogP contribution in [-0.4, -0.2) is 231 Å². The van der Waals surface area contributed by atoms with Crippen LogP contribution in [0.3, 0.4) is 0 Å². The summed E-state index contributed by atoms with van der Waals surface area (Å²) in [6, 6.07) is 9.39. The molecule has 528 valence electrons. The summed E-state index contributed by atoms with van der Waals surface area (Å²) < 4.78 is 49.7. The van der Waals surface area contributed by atoms with Gasteiger partial charge in [-0.3, -0.25) is 0 Å². The Balaban J connectivity index is 2.29. The smallest absolute Gasteiger partial charge is 0.344 e. The second-order valence-corrected chi connectivity index (χ2v) is 22.3. The van der Waals surface area contributed by atoms with Crippen LogP contribution in [-0.2, 0) is 38.4 Å². The van der Waals surface area contributed by atoms with Crippen LogP contribution in [0.2, 0.25) is 0 Å². The zero-order chi connectivity index (χ0) is 71.4. The van der Waals surface area contributed by atoms with Crippen molar-refractivity contribution < 1.29 is 158 Å². The predicted octanol–water partition coefficient (Wildman–Crippen LogP) is 2.32. The Morgan fingerprint density at radius 3 is 0.427 bits per heavy atom. The highest BCUT2D eigenvalue weighted by molar-refractivity contribution is 5.78. The first-order valence-corrected chi connectivity index (χ1v) is 30.3. The minimum Gasteiger partial charge on any atom is -0.479 e. The highest BCUT2D eigenvalue weighted by Gasteiger charge is 2.38. The average molecular weight is 1360 g/mol. The molecular weight excluding hydrogens is 1280 g/mol. The third-order valence-electron chi connectivity index (χ3n) is 15.8. The van der Waals surface area contributed by atoms with E-state index in [-0.39, 0.29) is 44.5 Å². The highest BCUT2D eigenvalue weighted by Crippen LogP contribution is 2.52. The normalized spacial score (nSPS) is 17.5. The van der Waals surface area contributed by atoms with Gasteiger partial charge in [0.15, 0.2) is 48.8 Å². The molecule has 0 aliphatic heterocycles. The molecule has 0 heterocycles. The van der Waals surface area contributed by atoms with Gasteiger partial charge in [0.1, 0.15) is 46.0 Å². The maximum absolute atomic E-state index is 13.0. The molecule has 5 rings (SSSR count). The van der Waals surface area contributed by atoms with Gasteiger partial charge in [0.25, 0.3) is 0 Å². The number of benzene rings is 4. The van der Waals surface area contributed by atoms with Crippen LogP contribution in [0.15, 0.2) is 48.5 Å². The molecule has 32 heteroatoms. The summed E-state index contributed by atoms with van der Waals surface area (Å²) in [6.45, 7) is -0.628. The van der Waals surface area contributed by atoms with Crippen molar-refractivity contribution >= 4 is 47.8 Å². The molecule has 4 aromatic carbocycles. The molecule has 96 heavy (non-hydrogen) atoms. The number of carboxylic acid groups (broad SMARTS) is 8. The number of hydrogen-bond acceptors (Lipinski definition) is 24. The molecule has 8 atom stereocenters. The molecule has 0 aromatic heterocycles. The van der Waals surface area contributed by atoms with Crippen LogP contribution in [0.4, 0.5) is 0 Å². The van der Waals surface area contributed by atoms with E-state index in [1.165, 1.54) is 52.0 Å². The molecule has 8 bridgehead atoms. The molecule has 0 saturated carbocycles. The van der Waals surface area contributed by atoms with Gasteiger partial charge in [-0.2, -0.15) is 0 Å². The van der Waals surface area contributed by atoms with E-state index in [1.807, 2.05) is 0 Å². The Morgan fingerprint density at radius 2 is 0.344 bits per heavy atom. The van der Waals surface area contributed by atoms with E-state index in [0.717, 1.165) is 24.3 Å². The van der Waals surface area contributed by atoms with Crippen LogP contribution >= 0.6 is 0 Å². The molecule has 0 spiro atoms. The first kappa shape index (κ1) is 77.4. The molecule has 1 aliphatic rings. The Morgan fingerprint density at radius 1 is 0.240 bits per heavy atom. The second-order valence-electron chi connectivity index (χ2n) is 22.3. The minimum absolute atomic E-state index is 0.130. The van der Waals surface area contributed by atoms with Gasteiger partial charge in [0.05, 0.1) is 0 Å². The van der Waals surface area contributed by atoms with Gasteiger partial charge in [-0.05, 0) is 24.3 Å². The number of aliphatic carboxylic acids is 8. The molecule has 32 nitrogen and oxygen atoms in total. The van der Waals surface area contributed by atoms with Gasteiger partial charge in [-0.1, -0.05) is 27.7 Å². The molecule has 4 aromatic rings. The summed E-state index contributed by atoms with van der Waals surface area (Å²) in [4.78, 5) is 104. The first-order chi connectivity index (χ1) is 45.5. The summed E-state index contributed by atoms with van der Waals surface area (Å²) in [5.74, 6) is -22.6. The second kappa shape index (κ2) is 36.0. The Labute approximate surface area is 547 Å². The van der Waals surface area contributed by atoms with Crippen molar-refractivity contribution in [2.24, 2.45) is 0 Å². The topological polar surface area (TPSA) is 534 Å². The fraction of sp³-hybridized carbons (Fsp3) is 0.500. The van der Waals surface area contributed by atoms with Gasteiger partial charge in [-0.15, -0.1) is 0 Å². The van der Waals surface area contributed by atoms with Gasteiger partial charge in [-0.25, -0.2) is 38.4 Å². The standard InChI is InChI=1S/C64H80O32/c1-29-33-21-35(51(91-43(7-15-67)59(77)78)25-49(33)89-41(5-13-65)57(73)74)30(2)37-23-39(55(95-47(11-19-71)63(85)86)27-53(37)93-45(9-17-69)61(81)82)32(4)40-24-38(54(94-46(10-18-70)62(83)84)28-56(40)96-48(12-20-72)64(87)88)31(3)36-22-34(29)50(90-42(6-14-66)58(75)76)26-52(36)92-44(8-16-68)60(79)80/h21-32,41-48,65-72H,5-20H2,1-4H3,(H,73,74)(H,75,76)(H,77,78)(H,79,80)(H,81,82)(H,83,84)(H,85,86)(H,87,88). The van der Waals surface area contributed by atoms with E-state index < -0.39 is 270 Å². The Bertz CT molecular complexity index is 2750. The van der Waals surface area contributed by atoms with E-state index in [4.69, 9.17) is 37.9 Å². The molecule has 0 amide bonds. The van der Waals surface area contributed by atoms with Crippen LogP contribution < -0.4 is 37.9 Å². The first-order valence-electron chi connectivity index (χ1n) is 30.3. The summed E-state index contributed by atoms with van der Waals surface area (Å²) in [7, 11) is 0. The van der Waals surface area contributed by atoms with Crippen molar-refractivity contribution in [3.05, 3.63) is 93.0 Å². The minimum atomic E-state index is -1.93. The zero-order valence-corrected chi connectivity index (χ0v) is 52.5. The van der Waals surface area contributed by atoms with Crippen LogP contribution in [0.5, 0.6) is 46.0 Å². The SMILES string of the molecule is CC1c2cc(c(OC(CCO)C(=O)O)cc2OC(CCO)C(=O)O)C(C)c2cc(c(OC(CCO)C(=O)O)cc2OC(CCO)C(=O)O)C(C)c2cc(c(OC(CCO)C(=O)O)cc2OC(CCO)C(=O)O)C(C)c2cc1c(OC(CCO)C(=O)O)cc2OC(CCO)C(=O)O. The van der Waals surface area contributed by atoms with Gasteiger partial charge in [0.2, 0.25) is 0 Å². The van der Waals surface area contributed by atoms with E-state index >= 15 is 0 Å². The lowest BCUT2D eigenvalue weighted by Gasteiger charge is -2.31. The van der Waals surface area contributed by atoms with Crippen LogP contribution in [0, 0.1) is 0 Å². The summed E-state index contributed by atoms with van der Waals surface area (Å²) in [6.07, 6.45) is -20.3. The summed E-state index contributed by atoms with van der Waals surface area (Å²) in [5.41, 5.74) is -1.04. The van der Waals surface area contributed by atoms with Gasteiger partial charge >= 0.3 is 47.8 Å². The van der Waals surface area contributed by atoms with Crippen molar-refractivity contribution in [3.8, 4) is 46.0 Å². The molecular formula is C64H80O32. The fourth-order valence-corrected chi connectivity index (χ4v) is 10.6. The Hall–Kier alpha value is -9.28. The molecule has 1 aliphatic carbocycles. The largest absolute Gasteiger partial charge is 0.479 e. The van der Waals surface area contributed by atoms with Gasteiger partial charge in [0, 0.05) is 197 Å². The van der Waals surface area contributed by atoms with Gasteiger partial charge < -0.3 is 120 Å². The highest BCUT2D eigenvalue weighted by atomic mass is 16.6. The molecule has 0 fully saturated rings. The lowest BCUT2D eigenvalue weighted by atomic mass is 9.80. The third kappa shape index (κ3) is 19.5. The number of fused-ring (bicyclic) bond motifs is 8. The number of rotatable bonds is 40.